The first-order valence-electron chi connectivity index (χ1n) is 2.37. The molecule has 1 unspecified atom stereocenters. The molecular weight excluding hydrogens is 159 g/mol. The molecular formula is C5H7KN2O2. The van der Waals surface area contributed by atoms with Crippen molar-refractivity contribution < 1.29 is 9.59 Å². The van der Waals surface area contributed by atoms with Crippen LogP contribution in [0.15, 0.2) is 0 Å². The average molecular weight is 166 g/mol. The van der Waals surface area contributed by atoms with Crippen LogP contribution >= 0.6 is 0 Å². The van der Waals surface area contributed by atoms with E-state index in [1.165, 1.54) is 0 Å². The summed E-state index contributed by atoms with van der Waals surface area (Å²) in [5.41, 5.74) is 0. The van der Waals surface area contributed by atoms with Gasteiger partial charge in [0.05, 0.1) is 6.07 Å². The summed E-state index contributed by atoms with van der Waals surface area (Å²) in [6, 6.07) is 1.70. The SMILES string of the molecule is N#CC(C=O)CNC=O.[KH]. The summed E-state index contributed by atoms with van der Waals surface area (Å²) in [6.45, 7) is 0.101. The molecule has 50 valence electrons. The predicted octanol–water partition coefficient (Wildman–Crippen LogP) is -1.58. The zero-order chi connectivity index (χ0) is 7.11. The fourth-order valence-electron chi connectivity index (χ4n) is 0.299. The molecule has 10 heavy (non-hydrogen) atoms. The topological polar surface area (TPSA) is 70.0 Å². The second-order valence-corrected chi connectivity index (χ2v) is 1.40. The summed E-state index contributed by atoms with van der Waals surface area (Å²) in [4.78, 5) is 19.5. The van der Waals surface area contributed by atoms with Crippen LogP contribution in [0.3, 0.4) is 0 Å². The summed E-state index contributed by atoms with van der Waals surface area (Å²) in [7, 11) is 0. The van der Waals surface area contributed by atoms with Gasteiger partial charge in [0.2, 0.25) is 6.41 Å². The van der Waals surface area contributed by atoms with Crippen LogP contribution < -0.4 is 5.32 Å². The number of nitrogens with zero attached hydrogens (tertiary/aromatic N) is 1. The van der Waals surface area contributed by atoms with Crippen LogP contribution in [0.2, 0.25) is 0 Å². The molecule has 0 aromatic heterocycles. The van der Waals surface area contributed by atoms with E-state index in [0.29, 0.717) is 12.7 Å². The Balaban J connectivity index is 0. The number of hydrogen-bond donors (Lipinski definition) is 1. The van der Waals surface area contributed by atoms with Gasteiger partial charge < -0.3 is 10.1 Å². The first-order chi connectivity index (χ1) is 4.35. The summed E-state index contributed by atoms with van der Waals surface area (Å²) in [6.07, 6.45) is 0.949. The van der Waals surface area contributed by atoms with E-state index in [1.54, 1.807) is 6.07 Å². The van der Waals surface area contributed by atoms with Crippen LogP contribution in [0.4, 0.5) is 0 Å². The van der Waals surface area contributed by atoms with Gasteiger partial charge in [0.25, 0.3) is 0 Å². The number of carbonyl (C=O) groups excluding carboxylic acids is 2. The monoisotopic (exact) mass is 166 g/mol. The third kappa shape index (κ3) is 6.39. The molecule has 0 aliphatic rings. The van der Waals surface area contributed by atoms with Crippen molar-refractivity contribution >= 4 is 64.1 Å². The fraction of sp³-hybridized carbons (Fsp3) is 0.400. The van der Waals surface area contributed by atoms with Crippen LogP contribution in [-0.4, -0.2) is 70.6 Å². The van der Waals surface area contributed by atoms with E-state index in [2.05, 4.69) is 5.32 Å². The van der Waals surface area contributed by atoms with Gasteiger partial charge in [0.15, 0.2) is 0 Å². The van der Waals surface area contributed by atoms with E-state index < -0.39 is 5.92 Å². The normalized spacial score (nSPS) is 9.90. The minimum atomic E-state index is -0.713. The number of amides is 1. The Bertz CT molecular complexity index is 143. The summed E-state index contributed by atoms with van der Waals surface area (Å²) < 4.78 is 0. The third-order valence-electron chi connectivity index (χ3n) is 0.751. The predicted molar refractivity (Wildman–Crippen MR) is 36.4 cm³/mol. The average Bonchev–Trinajstić information content (AvgIpc) is 1.91. The molecule has 0 saturated carbocycles. The van der Waals surface area contributed by atoms with Crippen LogP contribution in [0, 0.1) is 17.2 Å². The van der Waals surface area contributed by atoms with E-state index in [0.717, 1.165) is 0 Å². The molecule has 0 bridgehead atoms. The number of carbonyl (C=O) groups is 2. The Kier molecular flexibility index (Phi) is 12.0. The van der Waals surface area contributed by atoms with Gasteiger partial charge >= 0.3 is 51.4 Å². The molecule has 0 aliphatic carbocycles. The van der Waals surface area contributed by atoms with Crippen molar-refractivity contribution in [1.82, 2.24) is 5.32 Å². The van der Waals surface area contributed by atoms with E-state index >= 15 is 0 Å². The fourth-order valence-corrected chi connectivity index (χ4v) is 0.299. The van der Waals surface area contributed by atoms with Crippen LogP contribution in [-0.2, 0) is 9.59 Å². The molecule has 0 heterocycles. The van der Waals surface area contributed by atoms with Gasteiger partial charge in [0.1, 0.15) is 12.2 Å². The van der Waals surface area contributed by atoms with Gasteiger partial charge in [-0.1, -0.05) is 0 Å². The van der Waals surface area contributed by atoms with E-state index in [4.69, 9.17) is 5.26 Å². The molecule has 1 amide bonds. The summed E-state index contributed by atoms with van der Waals surface area (Å²) >= 11 is 0. The molecule has 5 heteroatoms. The van der Waals surface area contributed by atoms with Crippen molar-refractivity contribution in [1.29, 1.82) is 5.26 Å². The standard InChI is InChI=1S/C5H6N2O2.K.H/c6-1-5(3-8)2-7-4-9;;/h3-5H,2H2,(H,7,9);;. The summed E-state index contributed by atoms with van der Waals surface area (Å²) in [5, 5.41) is 10.3. The maximum atomic E-state index is 9.86. The Morgan fingerprint density at radius 3 is 2.50 bits per heavy atom. The molecule has 0 aromatic rings. The first-order valence-corrected chi connectivity index (χ1v) is 2.37. The van der Waals surface area contributed by atoms with Crippen molar-refractivity contribution in [2.24, 2.45) is 5.92 Å². The van der Waals surface area contributed by atoms with Gasteiger partial charge in [0, 0.05) is 6.54 Å². The van der Waals surface area contributed by atoms with E-state index in [1.807, 2.05) is 0 Å². The Morgan fingerprint density at radius 2 is 2.20 bits per heavy atom. The van der Waals surface area contributed by atoms with Crippen LogP contribution in [0.1, 0.15) is 0 Å². The van der Waals surface area contributed by atoms with Gasteiger partial charge in [-0.25, -0.2) is 0 Å². The molecule has 0 radical (unpaired) electrons. The van der Waals surface area contributed by atoms with Crippen molar-refractivity contribution in [3.05, 3.63) is 0 Å². The second kappa shape index (κ2) is 9.27. The quantitative estimate of drug-likeness (QED) is 0.405. The second-order valence-electron chi connectivity index (χ2n) is 1.40. The van der Waals surface area contributed by atoms with Crippen molar-refractivity contribution in [3.8, 4) is 6.07 Å². The summed E-state index contributed by atoms with van der Waals surface area (Å²) in [5.74, 6) is -0.713. The van der Waals surface area contributed by atoms with Crippen molar-refractivity contribution in [2.45, 2.75) is 0 Å². The minimum absolute atomic E-state index is 0. The van der Waals surface area contributed by atoms with Crippen molar-refractivity contribution in [3.63, 3.8) is 0 Å². The number of aldehydes is 1. The molecule has 0 aromatic carbocycles. The molecule has 1 N–H and O–H groups in total. The number of rotatable bonds is 4. The van der Waals surface area contributed by atoms with E-state index in [9.17, 15) is 9.59 Å². The molecule has 0 aliphatic heterocycles. The molecule has 0 fully saturated rings. The van der Waals surface area contributed by atoms with E-state index in [-0.39, 0.29) is 57.9 Å². The zero-order valence-corrected chi connectivity index (χ0v) is 4.70. The molecule has 0 spiro atoms. The maximum absolute atomic E-state index is 9.86. The van der Waals surface area contributed by atoms with Gasteiger partial charge in [-0.15, -0.1) is 0 Å². The number of nitrogens with one attached hydrogen (secondary N) is 1. The molecule has 0 saturated heterocycles. The molecule has 0 rings (SSSR count). The number of hydrogen-bond acceptors (Lipinski definition) is 3. The van der Waals surface area contributed by atoms with Gasteiger partial charge in [-0.3, -0.25) is 4.79 Å². The molecule has 1 atom stereocenters. The van der Waals surface area contributed by atoms with Crippen LogP contribution in [0.5, 0.6) is 0 Å². The number of nitriles is 1. The van der Waals surface area contributed by atoms with Gasteiger partial charge in [-0.2, -0.15) is 5.26 Å². The third-order valence-corrected chi connectivity index (χ3v) is 0.751. The Labute approximate surface area is 101 Å². The van der Waals surface area contributed by atoms with Crippen LogP contribution in [0.25, 0.3) is 0 Å². The first kappa shape index (κ1) is 12.9. The zero-order valence-electron chi connectivity index (χ0n) is 4.70. The van der Waals surface area contributed by atoms with Gasteiger partial charge in [-0.05, 0) is 0 Å². The van der Waals surface area contributed by atoms with Crippen molar-refractivity contribution in [2.75, 3.05) is 6.54 Å². The molecule has 4 nitrogen and oxygen atoms in total. The Morgan fingerprint density at radius 1 is 1.60 bits per heavy atom. The Hall–Kier alpha value is 0.266.